The van der Waals surface area contributed by atoms with Crippen molar-refractivity contribution in [1.29, 1.82) is 0 Å². The van der Waals surface area contributed by atoms with Gasteiger partial charge in [0.2, 0.25) is 0 Å². The summed E-state index contributed by atoms with van der Waals surface area (Å²) in [6.45, 7) is 7.27. The van der Waals surface area contributed by atoms with E-state index in [1.54, 1.807) is 0 Å². The Hall–Kier alpha value is -0.840. The van der Waals surface area contributed by atoms with Crippen LogP contribution in [-0.2, 0) is 12.8 Å². The Morgan fingerprint density at radius 2 is 2.26 bits per heavy atom. The molecule has 0 aromatic heterocycles. The molecule has 0 fully saturated rings. The second-order valence-corrected chi connectivity index (χ2v) is 7.66. The fourth-order valence-electron chi connectivity index (χ4n) is 2.38. The summed E-state index contributed by atoms with van der Waals surface area (Å²) in [5, 5.41) is 0. The Morgan fingerprint density at radius 3 is 3.11 bits per heavy atom. The van der Waals surface area contributed by atoms with Crippen LogP contribution in [0.5, 0.6) is 5.75 Å². The van der Waals surface area contributed by atoms with Gasteiger partial charge in [0, 0.05) is 0 Å². The standard InChI is InChI=1S/C16H21INO/c1-3-17-13(2)18-11-12-19-16-10-6-8-14-7-4-5-9-15(14)16/h3,6,8,10H,1,4-5,7,9,11-12H2,2H3/q-1. The summed E-state index contributed by atoms with van der Waals surface area (Å²) in [7, 11) is 0. The molecule has 19 heavy (non-hydrogen) atoms. The number of rotatable bonds is 6. The third-order valence-corrected chi connectivity index (χ3v) is 4.95. The zero-order chi connectivity index (χ0) is 13.5. The van der Waals surface area contributed by atoms with Crippen LogP contribution in [0.15, 0.2) is 33.9 Å². The van der Waals surface area contributed by atoms with Crippen molar-refractivity contribution in [2.45, 2.75) is 32.6 Å². The third-order valence-electron chi connectivity index (χ3n) is 3.27. The first-order valence-corrected chi connectivity index (χ1v) is 9.12. The van der Waals surface area contributed by atoms with Crippen LogP contribution in [0.2, 0.25) is 0 Å². The van der Waals surface area contributed by atoms with Crippen molar-refractivity contribution in [3.8, 4) is 5.75 Å². The van der Waals surface area contributed by atoms with Gasteiger partial charge in [0.05, 0.1) is 0 Å². The minimum atomic E-state index is -0.0580. The van der Waals surface area contributed by atoms with E-state index in [1.807, 2.05) is 4.08 Å². The van der Waals surface area contributed by atoms with E-state index in [0.717, 1.165) is 18.7 Å². The normalized spacial score (nSPS) is 15.1. The van der Waals surface area contributed by atoms with Crippen molar-refractivity contribution in [2.75, 3.05) is 13.2 Å². The summed E-state index contributed by atoms with van der Waals surface area (Å²) in [4.78, 5) is 4.51. The minimum absolute atomic E-state index is 0.0580. The Balaban J connectivity index is 1.90. The molecule has 0 spiro atoms. The van der Waals surface area contributed by atoms with Crippen LogP contribution in [-0.4, -0.2) is 16.9 Å². The molecule has 0 N–H and O–H groups in total. The van der Waals surface area contributed by atoms with Gasteiger partial charge in [-0.15, -0.1) is 0 Å². The molecule has 2 rings (SSSR count). The quantitative estimate of drug-likeness (QED) is 0.408. The number of ether oxygens (including phenoxy) is 1. The van der Waals surface area contributed by atoms with Crippen LogP contribution in [0.3, 0.4) is 0 Å². The van der Waals surface area contributed by atoms with Crippen molar-refractivity contribution in [2.24, 2.45) is 4.99 Å². The first-order chi connectivity index (χ1) is 9.31. The van der Waals surface area contributed by atoms with Crippen molar-refractivity contribution in [3.05, 3.63) is 40.0 Å². The molecular formula is C16H21INO-. The fourth-order valence-corrected chi connectivity index (χ4v) is 3.46. The summed E-state index contributed by atoms with van der Waals surface area (Å²) in [6, 6.07) is 6.44. The van der Waals surface area contributed by atoms with Gasteiger partial charge in [-0.2, -0.15) is 0 Å². The number of aliphatic imine (C=N–C) groups is 1. The number of nitrogens with zero attached hydrogens (tertiary/aromatic N) is 1. The summed E-state index contributed by atoms with van der Waals surface area (Å²) in [6.07, 6.45) is 4.96. The number of fused-ring (bicyclic) bond motifs is 1. The first kappa shape index (κ1) is 14.6. The van der Waals surface area contributed by atoms with Crippen molar-refractivity contribution in [1.82, 2.24) is 0 Å². The van der Waals surface area contributed by atoms with Gasteiger partial charge in [-0.1, -0.05) is 0 Å². The predicted molar refractivity (Wildman–Crippen MR) is 76.8 cm³/mol. The number of aryl methyl sites for hydroxylation is 1. The van der Waals surface area contributed by atoms with Gasteiger partial charge in [-0.3, -0.25) is 0 Å². The second kappa shape index (κ2) is 7.68. The SMILES string of the molecule is C=C[I-]C(C)=NCCOc1cccc2c1CCCC2. The molecule has 0 heterocycles. The number of halogens is 1. The summed E-state index contributed by atoms with van der Waals surface area (Å²) < 4.78 is 9.13. The molecule has 0 saturated heterocycles. The number of hydrogen-bond acceptors (Lipinski definition) is 2. The van der Waals surface area contributed by atoms with E-state index in [4.69, 9.17) is 4.74 Å². The molecule has 0 unspecified atom stereocenters. The van der Waals surface area contributed by atoms with Gasteiger partial charge in [0.15, 0.2) is 0 Å². The van der Waals surface area contributed by atoms with Crippen LogP contribution in [0, 0.1) is 0 Å². The Morgan fingerprint density at radius 1 is 1.42 bits per heavy atom. The maximum atomic E-state index is 5.91. The molecule has 0 amide bonds. The van der Waals surface area contributed by atoms with Gasteiger partial charge < -0.3 is 0 Å². The molecule has 1 aliphatic carbocycles. The first-order valence-electron chi connectivity index (χ1n) is 6.80. The molecule has 0 aliphatic heterocycles. The van der Waals surface area contributed by atoms with Gasteiger partial charge in [-0.05, 0) is 0 Å². The van der Waals surface area contributed by atoms with Gasteiger partial charge in [0.1, 0.15) is 0 Å². The maximum absolute atomic E-state index is 5.91. The zero-order valence-corrected chi connectivity index (χ0v) is 13.7. The van der Waals surface area contributed by atoms with E-state index in [-0.39, 0.29) is 21.2 Å². The third kappa shape index (κ3) is 4.34. The molecule has 0 atom stereocenters. The zero-order valence-electron chi connectivity index (χ0n) is 11.5. The van der Waals surface area contributed by atoms with Crippen LogP contribution in [0.1, 0.15) is 30.9 Å². The van der Waals surface area contributed by atoms with Crippen molar-refractivity contribution < 1.29 is 25.9 Å². The molecular weight excluding hydrogens is 349 g/mol. The summed E-state index contributed by atoms with van der Waals surface area (Å²) in [5.41, 5.74) is 2.90. The fraction of sp³-hybridized carbons (Fsp3) is 0.438. The van der Waals surface area contributed by atoms with Gasteiger partial charge in [0.25, 0.3) is 0 Å². The van der Waals surface area contributed by atoms with E-state index in [0.29, 0.717) is 6.61 Å². The molecule has 0 bridgehead atoms. The van der Waals surface area contributed by atoms with E-state index >= 15 is 0 Å². The molecule has 1 aromatic rings. The van der Waals surface area contributed by atoms with Crippen molar-refractivity contribution >= 4 is 3.72 Å². The van der Waals surface area contributed by atoms with E-state index in [2.05, 4.69) is 36.7 Å². The van der Waals surface area contributed by atoms with Crippen LogP contribution in [0.25, 0.3) is 0 Å². The number of hydrogen-bond donors (Lipinski definition) is 0. The number of benzene rings is 1. The predicted octanol–water partition coefficient (Wildman–Crippen LogP) is 0.595. The average molecular weight is 370 g/mol. The monoisotopic (exact) mass is 370 g/mol. The molecule has 2 nitrogen and oxygen atoms in total. The topological polar surface area (TPSA) is 21.6 Å². The molecule has 0 radical (unpaired) electrons. The van der Waals surface area contributed by atoms with Crippen molar-refractivity contribution in [3.63, 3.8) is 0 Å². The molecule has 104 valence electrons. The average Bonchev–Trinajstić information content (AvgIpc) is 2.44. The molecule has 1 aromatic carbocycles. The van der Waals surface area contributed by atoms with E-state index in [1.165, 1.54) is 34.1 Å². The van der Waals surface area contributed by atoms with E-state index in [9.17, 15) is 0 Å². The van der Waals surface area contributed by atoms with Crippen LogP contribution in [0.4, 0.5) is 0 Å². The Labute approximate surface area is 126 Å². The Kier molecular flexibility index (Phi) is 5.89. The van der Waals surface area contributed by atoms with Crippen LogP contribution < -0.4 is 25.9 Å². The second-order valence-electron chi connectivity index (χ2n) is 4.59. The summed E-state index contributed by atoms with van der Waals surface area (Å²) in [5.74, 6) is 1.07. The van der Waals surface area contributed by atoms with Gasteiger partial charge in [-0.25, -0.2) is 0 Å². The van der Waals surface area contributed by atoms with Crippen LogP contribution >= 0.6 is 0 Å². The molecule has 0 saturated carbocycles. The molecule has 3 heteroatoms. The summed E-state index contributed by atoms with van der Waals surface area (Å²) >= 11 is -0.0580. The Bertz CT molecular complexity index is 468. The van der Waals surface area contributed by atoms with E-state index < -0.39 is 0 Å². The van der Waals surface area contributed by atoms with Gasteiger partial charge >= 0.3 is 126 Å². The molecule has 1 aliphatic rings.